The highest BCUT2D eigenvalue weighted by Gasteiger charge is 2.37. The van der Waals surface area contributed by atoms with Gasteiger partial charge in [-0.3, -0.25) is 19.3 Å². The zero-order chi connectivity index (χ0) is 23.7. The van der Waals surface area contributed by atoms with E-state index in [1.54, 1.807) is 47.4 Å². The third-order valence-corrected chi connectivity index (χ3v) is 6.12. The number of fused-ring (bicyclic) bond motifs is 2. The molecule has 0 radical (unpaired) electrons. The molecule has 34 heavy (non-hydrogen) atoms. The van der Waals surface area contributed by atoms with E-state index in [0.29, 0.717) is 61.5 Å². The number of para-hydroxylation sites is 2. The molecule has 1 atom stereocenters. The van der Waals surface area contributed by atoms with Gasteiger partial charge in [0.05, 0.1) is 30.8 Å². The van der Waals surface area contributed by atoms with E-state index < -0.39 is 6.10 Å². The van der Waals surface area contributed by atoms with Crippen LogP contribution in [0.5, 0.6) is 5.75 Å². The third kappa shape index (κ3) is 3.92. The maximum atomic E-state index is 13.9. The Morgan fingerprint density at radius 2 is 1.74 bits per heavy atom. The number of rotatable bonds is 4. The van der Waals surface area contributed by atoms with Crippen molar-refractivity contribution in [3.8, 4) is 5.75 Å². The highest BCUT2D eigenvalue weighted by Crippen LogP contribution is 2.35. The van der Waals surface area contributed by atoms with E-state index in [0.717, 1.165) is 0 Å². The normalized spacial score (nSPS) is 17.9. The fourth-order valence-electron chi connectivity index (χ4n) is 4.43. The predicted octanol–water partition coefficient (Wildman–Crippen LogP) is 2.07. The van der Waals surface area contributed by atoms with E-state index in [1.807, 2.05) is 13.0 Å². The van der Waals surface area contributed by atoms with Crippen molar-refractivity contribution < 1.29 is 19.1 Å². The first-order valence-corrected chi connectivity index (χ1v) is 11.5. The molecule has 2 aromatic carbocycles. The minimum Gasteiger partial charge on any atom is -0.476 e. The number of nitrogens with zero attached hydrogens (tertiary/aromatic N) is 4. The number of amides is 2. The Bertz CT molecular complexity index is 1300. The van der Waals surface area contributed by atoms with Crippen LogP contribution in [0.25, 0.3) is 10.8 Å². The van der Waals surface area contributed by atoms with Crippen LogP contribution in [0.15, 0.2) is 53.3 Å². The van der Waals surface area contributed by atoms with Crippen molar-refractivity contribution in [1.29, 1.82) is 0 Å². The molecule has 2 aliphatic rings. The molecule has 9 nitrogen and oxygen atoms in total. The number of carbonyl (C=O) groups excluding carboxylic acids is 2. The SMILES string of the molecule is CCCn1nc(C(=O)N2CC(C(=O)N3CCOCC3)Oc3ccccc32)c2ccccc2c1=O. The van der Waals surface area contributed by atoms with Gasteiger partial charge in [-0.1, -0.05) is 37.3 Å². The van der Waals surface area contributed by atoms with Crippen molar-refractivity contribution in [2.75, 3.05) is 37.7 Å². The molecule has 2 amide bonds. The molecular weight excluding hydrogens is 436 g/mol. The standard InChI is InChI=1S/C25H26N4O5/c1-2-11-29-23(30)18-8-4-3-7-17(18)22(26-29)25(32)28-16-21(24(31)27-12-14-33-15-13-27)34-20-10-6-5-9-19(20)28/h3-10,21H,2,11-16H2,1H3. The molecule has 0 saturated carbocycles. The molecule has 3 heterocycles. The van der Waals surface area contributed by atoms with Crippen LogP contribution in [0, 0.1) is 0 Å². The molecule has 1 aromatic heterocycles. The molecule has 2 aliphatic heterocycles. The molecule has 0 aliphatic carbocycles. The molecule has 3 aromatic rings. The van der Waals surface area contributed by atoms with Crippen LogP contribution in [-0.2, 0) is 16.1 Å². The first-order valence-electron chi connectivity index (χ1n) is 11.5. The minimum absolute atomic E-state index is 0.0505. The Hall–Kier alpha value is -3.72. The van der Waals surface area contributed by atoms with Gasteiger partial charge in [-0.25, -0.2) is 4.68 Å². The van der Waals surface area contributed by atoms with Gasteiger partial charge in [0.15, 0.2) is 11.8 Å². The second kappa shape index (κ2) is 9.26. The Kier molecular flexibility index (Phi) is 6.02. The molecule has 0 N–H and O–H groups in total. The highest BCUT2D eigenvalue weighted by atomic mass is 16.5. The quantitative estimate of drug-likeness (QED) is 0.589. The van der Waals surface area contributed by atoms with E-state index in [9.17, 15) is 14.4 Å². The molecule has 1 saturated heterocycles. The van der Waals surface area contributed by atoms with Crippen LogP contribution in [-0.4, -0.2) is 65.4 Å². The topological polar surface area (TPSA) is 94.0 Å². The van der Waals surface area contributed by atoms with Gasteiger partial charge in [0.1, 0.15) is 5.75 Å². The first-order chi connectivity index (χ1) is 16.6. The summed E-state index contributed by atoms with van der Waals surface area (Å²) in [6.07, 6.45) is -0.139. The van der Waals surface area contributed by atoms with Crippen LogP contribution in [0.1, 0.15) is 23.8 Å². The van der Waals surface area contributed by atoms with Crippen molar-refractivity contribution >= 4 is 28.3 Å². The lowest BCUT2D eigenvalue weighted by molar-refractivity contribution is -0.142. The molecule has 1 unspecified atom stereocenters. The van der Waals surface area contributed by atoms with Crippen LogP contribution in [0.2, 0.25) is 0 Å². The second-order valence-electron chi connectivity index (χ2n) is 8.35. The van der Waals surface area contributed by atoms with Gasteiger partial charge in [-0.05, 0) is 24.6 Å². The zero-order valence-electron chi connectivity index (χ0n) is 19.0. The number of morpholine rings is 1. The van der Waals surface area contributed by atoms with Crippen molar-refractivity contribution in [1.82, 2.24) is 14.7 Å². The maximum Gasteiger partial charge on any atom is 0.279 e. The maximum absolute atomic E-state index is 13.9. The van der Waals surface area contributed by atoms with Gasteiger partial charge in [0.25, 0.3) is 17.4 Å². The third-order valence-electron chi connectivity index (χ3n) is 6.12. The number of hydrogen-bond acceptors (Lipinski definition) is 6. The number of aryl methyl sites for hydroxylation is 1. The average Bonchev–Trinajstić information content (AvgIpc) is 2.89. The lowest BCUT2D eigenvalue weighted by Gasteiger charge is -2.37. The summed E-state index contributed by atoms with van der Waals surface area (Å²) in [4.78, 5) is 43.3. The summed E-state index contributed by atoms with van der Waals surface area (Å²) in [5.74, 6) is -0.0964. The minimum atomic E-state index is -0.843. The number of ether oxygens (including phenoxy) is 2. The van der Waals surface area contributed by atoms with Gasteiger partial charge >= 0.3 is 0 Å². The van der Waals surface area contributed by atoms with Gasteiger partial charge in [0, 0.05) is 25.0 Å². The lowest BCUT2D eigenvalue weighted by atomic mass is 10.1. The van der Waals surface area contributed by atoms with Crippen LogP contribution in [0.3, 0.4) is 0 Å². The van der Waals surface area contributed by atoms with E-state index in [2.05, 4.69) is 5.10 Å². The van der Waals surface area contributed by atoms with E-state index in [1.165, 1.54) is 9.58 Å². The van der Waals surface area contributed by atoms with Crippen LogP contribution >= 0.6 is 0 Å². The Labute approximate surface area is 196 Å². The van der Waals surface area contributed by atoms with Crippen molar-refractivity contribution in [3.05, 3.63) is 64.6 Å². The van der Waals surface area contributed by atoms with Crippen molar-refractivity contribution in [2.24, 2.45) is 0 Å². The number of anilines is 1. The summed E-state index contributed by atoms with van der Waals surface area (Å²) in [5, 5.41) is 5.39. The average molecular weight is 463 g/mol. The van der Waals surface area contributed by atoms with Gasteiger partial charge in [-0.15, -0.1) is 0 Å². The molecule has 1 fully saturated rings. The molecular formula is C25H26N4O5. The molecule has 176 valence electrons. The predicted molar refractivity (Wildman–Crippen MR) is 126 cm³/mol. The van der Waals surface area contributed by atoms with Crippen LogP contribution < -0.4 is 15.2 Å². The van der Waals surface area contributed by atoms with Crippen molar-refractivity contribution in [2.45, 2.75) is 26.0 Å². The second-order valence-corrected chi connectivity index (χ2v) is 8.35. The Balaban J connectivity index is 1.56. The Morgan fingerprint density at radius 1 is 1.03 bits per heavy atom. The summed E-state index contributed by atoms with van der Waals surface area (Å²) in [7, 11) is 0. The fraction of sp³-hybridized carbons (Fsp3) is 0.360. The smallest absolute Gasteiger partial charge is 0.279 e. The lowest BCUT2D eigenvalue weighted by Crippen LogP contribution is -2.54. The summed E-state index contributed by atoms with van der Waals surface area (Å²) in [6, 6.07) is 14.1. The van der Waals surface area contributed by atoms with E-state index >= 15 is 0 Å². The number of hydrogen-bond donors (Lipinski definition) is 0. The molecule has 0 bridgehead atoms. The summed E-state index contributed by atoms with van der Waals surface area (Å²) in [5.41, 5.74) is 0.521. The van der Waals surface area contributed by atoms with Crippen LogP contribution in [0.4, 0.5) is 5.69 Å². The fourth-order valence-corrected chi connectivity index (χ4v) is 4.43. The number of benzene rings is 2. The monoisotopic (exact) mass is 462 g/mol. The summed E-state index contributed by atoms with van der Waals surface area (Å²) >= 11 is 0. The number of aromatic nitrogens is 2. The van der Waals surface area contributed by atoms with Gasteiger partial charge < -0.3 is 14.4 Å². The van der Waals surface area contributed by atoms with E-state index in [4.69, 9.17) is 9.47 Å². The summed E-state index contributed by atoms with van der Waals surface area (Å²) < 4.78 is 12.7. The van der Waals surface area contributed by atoms with Crippen molar-refractivity contribution in [3.63, 3.8) is 0 Å². The first kappa shape index (κ1) is 22.1. The zero-order valence-corrected chi connectivity index (χ0v) is 19.0. The highest BCUT2D eigenvalue weighted by molar-refractivity contribution is 6.13. The molecule has 5 rings (SSSR count). The van der Waals surface area contributed by atoms with Gasteiger partial charge in [-0.2, -0.15) is 5.10 Å². The Morgan fingerprint density at radius 3 is 2.50 bits per heavy atom. The largest absolute Gasteiger partial charge is 0.476 e. The summed E-state index contributed by atoms with van der Waals surface area (Å²) in [6.45, 7) is 4.34. The van der Waals surface area contributed by atoms with E-state index in [-0.39, 0.29) is 29.6 Å². The molecule has 9 heteroatoms. The molecule has 0 spiro atoms. The van der Waals surface area contributed by atoms with Gasteiger partial charge in [0.2, 0.25) is 0 Å². The number of carbonyl (C=O) groups is 2.